The Morgan fingerprint density at radius 1 is 0.309 bits per heavy atom. The molecule has 0 fully saturated rings. The summed E-state index contributed by atoms with van der Waals surface area (Å²) < 4.78 is 7.01. The number of benzene rings is 8. The summed E-state index contributed by atoms with van der Waals surface area (Å²) in [6.45, 7) is 0. The lowest BCUT2D eigenvalue weighted by molar-refractivity contribution is 1.15. The first-order valence-electron chi connectivity index (χ1n) is 18.3. The maximum Gasteiger partial charge on any atom is 0.0991 e. The molecule has 0 aliphatic heterocycles. The van der Waals surface area contributed by atoms with Crippen LogP contribution in [0.5, 0.6) is 0 Å². The molecule has 254 valence electrons. The molecule has 0 atom stereocenters. The van der Waals surface area contributed by atoms with E-state index < -0.39 is 0 Å². The average molecular weight is 700 g/mol. The largest absolute Gasteiger partial charge is 0.309 e. The predicted octanol–water partition coefficient (Wildman–Crippen LogP) is 12.4. The Kier molecular flexibility index (Phi) is 6.61. The molecule has 5 heteroatoms. The van der Waals surface area contributed by atoms with E-state index in [0.29, 0.717) is 11.1 Å². The zero-order chi connectivity index (χ0) is 36.6. The minimum Gasteiger partial charge on any atom is -0.309 e. The lowest BCUT2D eigenvalue weighted by Gasteiger charge is -2.19. The number of aromatic nitrogens is 3. The summed E-state index contributed by atoms with van der Waals surface area (Å²) in [5.74, 6) is 0. The van der Waals surface area contributed by atoms with E-state index in [2.05, 4.69) is 177 Å². The molecular weight excluding hydrogens is 671 g/mol. The second-order valence-corrected chi connectivity index (χ2v) is 14.0. The molecule has 11 aromatic rings. The summed E-state index contributed by atoms with van der Waals surface area (Å²) in [5.41, 5.74) is 12.8. The summed E-state index contributed by atoms with van der Waals surface area (Å²) in [4.78, 5) is 0. The van der Waals surface area contributed by atoms with Crippen molar-refractivity contribution in [2.45, 2.75) is 0 Å². The van der Waals surface area contributed by atoms with Gasteiger partial charge in [0.1, 0.15) is 0 Å². The van der Waals surface area contributed by atoms with Crippen molar-refractivity contribution in [2.75, 3.05) is 0 Å². The number of fused-ring (bicyclic) bond motifs is 9. The van der Waals surface area contributed by atoms with Gasteiger partial charge in [0, 0.05) is 49.1 Å². The van der Waals surface area contributed by atoms with Crippen molar-refractivity contribution in [3.63, 3.8) is 0 Å². The summed E-state index contributed by atoms with van der Waals surface area (Å²) >= 11 is 0. The van der Waals surface area contributed by atoms with Gasteiger partial charge in [0.2, 0.25) is 0 Å². The van der Waals surface area contributed by atoms with Crippen molar-refractivity contribution in [3.8, 4) is 40.3 Å². The van der Waals surface area contributed by atoms with Gasteiger partial charge in [-0.25, -0.2) is 0 Å². The van der Waals surface area contributed by atoms with Crippen LogP contribution in [-0.4, -0.2) is 13.7 Å². The van der Waals surface area contributed by atoms with Crippen LogP contribution < -0.4 is 0 Å². The standard InChI is InChI=1S/C50H29N5/c51-30-32-21-25-48-41(27-32)38-14-4-6-16-43(38)53(48)34-23-24-40-37-13-3-9-19-46(37)55(50(40)29-34)47-20-10-5-15-39(47)42-28-33(31-52)22-26-49(42)54-44-17-7-1-11-35(44)36-12-2-8-18-45(36)54/h1-29H. The van der Waals surface area contributed by atoms with E-state index in [4.69, 9.17) is 0 Å². The topological polar surface area (TPSA) is 62.4 Å². The Labute approximate surface area is 316 Å². The van der Waals surface area contributed by atoms with Crippen molar-refractivity contribution in [1.82, 2.24) is 13.7 Å². The summed E-state index contributed by atoms with van der Waals surface area (Å²) in [6, 6.07) is 66.0. The molecule has 3 aromatic heterocycles. The van der Waals surface area contributed by atoms with Gasteiger partial charge in [0.15, 0.2) is 0 Å². The van der Waals surface area contributed by atoms with Crippen molar-refractivity contribution in [3.05, 3.63) is 187 Å². The van der Waals surface area contributed by atoms with E-state index in [9.17, 15) is 10.5 Å². The second kappa shape index (κ2) is 11.8. The first-order valence-corrected chi connectivity index (χ1v) is 18.3. The highest BCUT2D eigenvalue weighted by Crippen LogP contribution is 2.42. The van der Waals surface area contributed by atoms with Crippen LogP contribution in [0.3, 0.4) is 0 Å². The third-order valence-corrected chi connectivity index (χ3v) is 11.1. The fourth-order valence-corrected chi connectivity index (χ4v) is 8.77. The van der Waals surface area contributed by atoms with Gasteiger partial charge < -0.3 is 13.7 Å². The maximum absolute atomic E-state index is 10.2. The monoisotopic (exact) mass is 699 g/mol. The Balaban J connectivity index is 1.21. The van der Waals surface area contributed by atoms with Gasteiger partial charge in [-0.1, -0.05) is 97.1 Å². The lowest BCUT2D eigenvalue weighted by Crippen LogP contribution is -2.02. The van der Waals surface area contributed by atoms with E-state index in [1.807, 2.05) is 24.3 Å². The van der Waals surface area contributed by atoms with Crippen LogP contribution in [-0.2, 0) is 0 Å². The molecule has 8 aromatic carbocycles. The normalized spacial score (nSPS) is 11.6. The molecule has 0 unspecified atom stereocenters. The zero-order valence-corrected chi connectivity index (χ0v) is 29.5. The minimum atomic E-state index is 0.602. The van der Waals surface area contributed by atoms with Crippen LogP contribution in [0.25, 0.3) is 93.6 Å². The van der Waals surface area contributed by atoms with Gasteiger partial charge in [-0.2, -0.15) is 10.5 Å². The Morgan fingerprint density at radius 3 is 1.40 bits per heavy atom. The number of hydrogen-bond acceptors (Lipinski definition) is 2. The van der Waals surface area contributed by atoms with Gasteiger partial charge in [-0.15, -0.1) is 0 Å². The fraction of sp³-hybridized carbons (Fsp3) is 0. The molecule has 0 saturated heterocycles. The molecule has 0 amide bonds. The van der Waals surface area contributed by atoms with E-state index in [0.717, 1.165) is 82.8 Å². The lowest BCUT2D eigenvalue weighted by atomic mass is 9.98. The quantitative estimate of drug-likeness (QED) is 0.184. The summed E-state index contributed by atoms with van der Waals surface area (Å²) in [7, 11) is 0. The molecule has 0 aliphatic carbocycles. The van der Waals surface area contributed by atoms with Gasteiger partial charge in [-0.05, 0) is 78.9 Å². The smallest absolute Gasteiger partial charge is 0.0991 e. The first kappa shape index (κ1) is 30.7. The van der Waals surface area contributed by atoms with Crippen LogP contribution in [0.2, 0.25) is 0 Å². The number of nitriles is 2. The molecule has 0 radical (unpaired) electrons. The number of rotatable bonds is 4. The average Bonchev–Trinajstić information content (AvgIpc) is 3.88. The molecule has 0 saturated carbocycles. The Morgan fingerprint density at radius 2 is 0.764 bits per heavy atom. The number of nitrogens with zero attached hydrogens (tertiary/aromatic N) is 5. The molecule has 3 heterocycles. The molecule has 0 N–H and O–H groups in total. The highest BCUT2D eigenvalue weighted by molar-refractivity contribution is 6.13. The SMILES string of the molecule is N#Cc1ccc(-n2c3ccccc3c3ccccc32)c(-c2ccccc2-n2c3ccccc3c3ccc(-n4c5ccccc5c5cc(C#N)ccc54)cc32)c1. The van der Waals surface area contributed by atoms with Crippen molar-refractivity contribution in [1.29, 1.82) is 10.5 Å². The molecule has 0 aliphatic rings. The highest BCUT2D eigenvalue weighted by Gasteiger charge is 2.21. The third kappa shape index (κ3) is 4.45. The van der Waals surface area contributed by atoms with Gasteiger partial charge in [0.25, 0.3) is 0 Å². The maximum atomic E-state index is 10.2. The second-order valence-electron chi connectivity index (χ2n) is 14.0. The van der Waals surface area contributed by atoms with E-state index in [-0.39, 0.29) is 0 Å². The molecular formula is C50H29N5. The van der Waals surface area contributed by atoms with Crippen molar-refractivity contribution in [2.24, 2.45) is 0 Å². The molecule has 5 nitrogen and oxygen atoms in total. The van der Waals surface area contributed by atoms with Crippen LogP contribution in [0.1, 0.15) is 11.1 Å². The third-order valence-electron chi connectivity index (χ3n) is 11.1. The van der Waals surface area contributed by atoms with Crippen LogP contribution >= 0.6 is 0 Å². The molecule has 0 bridgehead atoms. The molecule has 11 rings (SSSR count). The summed E-state index contributed by atoms with van der Waals surface area (Å²) in [5, 5.41) is 26.8. The fourth-order valence-electron chi connectivity index (χ4n) is 8.77. The van der Waals surface area contributed by atoms with E-state index in [1.54, 1.807) is 0 Å². The number of para-hydroxylation sites is 5. The van der Waals surface area contributed by atoms with Crippen LogP contribution in [0.15, 0.2) is 176 Å². The minimum absolute atomic E-state index is 0.602. The van der Waals surface area contributed by atoms with Crippen molar-refractivity contribution < 1.29 is 0 Å². The zero-order valence-electron chi connectivity index (χ0n) is 29.5. The Hall–Kier alpha value is -7.86. The van der Waals surface area contributed by atoms with E-state index >= 15 is 0 Å². The van der Waals surface area contributed by atoms with Gasteiger partial charge in [-0.3, -0.25) is 0 Å². The van der Waals surface area contributed by atoms with Crippen molar-refractivity contribution >= 4 is 65.4 Å². The molecule has 0 spiro atoms. The first-order chi connectivity index (χ1) is 27.2. The highest BCUT2D eigenvalue weighted by atomic mass is 15.0. The van der Waals surface area contributed by atoms with Gasteiger partial charge >= 0.3 is 0 Å². The predicted molar refractivity (Wildman–Crippen MR) is 224 cm³/mol. The van der Waals surface area contributed by atoms with E-state index in [1.165, 1.54) is 10.8 Å². The Bertz CT molecular complexity index is 3420. The molecule has 55 heavy (non-hydrogen) atoms. The summed E-state index contributed by atoms with van der Waals surface area (Å²) in [6.07, 6.45) is 0. The number of hydrogen-bond donors (Lipinski definition) is 0. The van der Waals surface area contributed by atoms with Gasteiger partial charge in [0.05, 0.1) is 67.7 Å². The van der Waals surface area contributed by atoms with Crippen LogP contribution in [0.4, 0.5) is 0 Å². The van der Waals surface area contributed by atoms with Crippen LogP contribution in [0, 0.1) is 22.7 Å².